The summed E-state index contributed by atoms with van der Waals surface area (Å²) < 4.78 is 18.1. The van der Waals surface area contributed by atoms with Crippen molar-refractivity contribution in [2.24, 2.45) is 0 Å². The van der Waals surface area contributed by atoms with E-state index in [-0.39, 0.29) is 12.3 Å². The lowest BCUT2D eigenvalue weighted by Crippen LogP contribution is -1.99. The maximum absolute atomic E-state index is 12.7. The summed E-state index contributed by atoms with van der Waals surface area (Å²) in [6.45, 7) is -0.117. The summed E-state index contributed by atoms with van der Waals surface area (Å²) >= 11 is 3.07. The van der Waals surface area contributed by atoms with E-state index >= 15 is 0 Å². The quantitative estimate of drug-likeness (QED) is 0.811. The molecule has 1 rings (SSSR count). The molecule has 0 atom stereocenters. The van der Waals surface area contributed by atoms with Gasteiger partial charge in [-0.1, -0.05) is 0 Å². The topological polar surface area (TPSA) is 59.0 Å². The van der Waals surface area contributed by atoms with Crippen molar-refractivity contribution in [1.82, 2.24) is 0 Å². The van der Waals surface area contributed by atoms with Crippen LogP contribution in [0.2, 0.25) is 0 Å². The van der Waals surface area contributed by atoms with Gasteiger partial charge >= 0.3 is 0 Å². The maximum Gasteiger partial charge on any atom is 0.174 e. The average Bonchev–Trinajstić information content (AvgIpc) is 2.02. The minimum absolute atomic E-state index is 0.117. The molecule has 0 heterocycles. The molecular weight excluding hydrogens is 239 g/mol. The van der Waals surface area contributed by atoms with Crippen molar-refractivity contribution in [1.29, 1.82) is 5.26 Å². The first-order valence-electron chi connectivity index (χ1n) is 3.39. The van der Waals surface area contributed by atoms with Gasteiger partial charge in [0.15, 0.2) is 12.4 Å². The monoisotopic (exact) mass is 244 g/mol. The van der Waals surface area contributed by atoms with Gasteiger partial charge in [-0.2, -0.15) is 5.26 Å². The number of nitriles is 1. The van der Waals surface area contributed by atoms with Gasteiger partial charge < -0.3 is 10.5 Å². The van der Waals surface area contributed by atoms with E-state index in [2.05, 4.69) is 15.9 Å². The number of rotatable bonds is 2. The third-order valence-electron chi connectivity index (χ3n) is 1.32. The van der Waals surface area contributed by atoms with Crippen LogP contribution in [-0.2, 0) is 0 Å². The molecule has 0 saturated carbocycles. The fourth-order valence-corrected chi connectivity index (χ4v) is 1.40. The van der Waals surface area contributed by atoms with Crippen LogP contribution in [0.15, 0.2) is 16.6 Å². The lowest BCUT2D eigenvalue weighted by atomic mass is 10.3. The Kier molecular flexibility index (Phi) is 3.09. The van der Waals surface area contributed by atoms with Gasteiger partial charge in [-0.15, -0.1) is 0 Å². The number of nitrogen functional groups attached to an aromatic ring is 1. The molecule has 0 radical (unpaired) electrons. The van der Waals surface area contributed by atoms with Gasteiger partial charge in [-0.05, 0) is 22.0 Å². The van der Waals surface area contributed by atoms with Crippen LogP contribution in [0, 0.1) is 17.1 Å². The largest absolute Gasteiger partial charge is 0.475 e. The highest BCUT2D eigenvalue weighted by Crippen LogP contribution is 2.32. The van der Waals surface area contributed by atoms with Gasteiger partial charge in [0.1, 0.15) is 11.9 Å². The van der Waals surface area contributed by atoms with Crippen molar-refractivity contribution in [3.8, 4) is 11.8 Å². The van der Waals surface area contributed by atoms with E-state index in [0.717, 1.165) is 6.07 Å². The van der Waals surface area contributed by atoms with E-state index in [9.17, 15) is 4.39 Å². The van der Waals surface area contributed by atoms with Crippen LogP contribution in [0.3, 0.4) is 0 Å². The summed E-state index contributed by atoms with van der Waals surface area (Å²) in [5, 5.41) is 8.26. The zero-order valence-electron chi connectivity index (χ0n) is 6.55. The molecule has 68 valence electrons. The summed E-state index contributed by atoms with van der Waals surface area (Å²) in [6, 6.07) is 4.15. The first-order valence-corrected chi connectivity index (χ1v) is 4.18. The van der Waals surface area contributed by atoms with Crippen molar-refractivity contribution in [3.63, 3.8) is 0 Å². The van der Waals surface area contributed by atoms with Crippen LogP contribution < -0.4 is 10.5 Å². The fraction of sp³-hybridized carbons (Fsp3) is 0.125. The van der Waals surface area contributed by atoms with E-state index in [1.807, 2.05) is 0 Å². The van der Waals surface area contributed by atoms with Crippen molar-refractivity contribution in [3.05, 3.63) is 22.4 Å². The molecule has 1 aromatic carbocycles. The van der Waals surface area contributed by atoms with Crippen LogP contribution in [0.1, 0.15) is 0 Å². The zero-order valence-corrected chi connectivity index (χ0v) is 8.14. The Morgan fingerprint density at radius 1 is 1.62 bits per heavy atom. The number of hydrogen-bond donors (Lipinski definition) is 1. The Balaban J connectivity index is 3.00. The first kappa shape index (κ1) is 9.81. The standard InChI is InChI=1S/C8H6BrFN2O/c9-6-3-5(10)4-7(12)8(6)13-2-1-11/h3-4H,2,12H2. The molecule has 0 unspecified atom stereocenters. The molecule has 3 nitrogen and oxygen atoms in total. The van der Waals surface area contributed by atoms with Crippen LogP contribution in [-0.4, -0.2) is 6.61 Å². The lowest BCUT2D eigenvalue weighted by Gasteiger charge is -2.07. The van der Waals surface area contributed by atoms with Crippen LogP contribution >= 0.6 is 15.9 Å². The average molecular weight is 245 g/mol. The number of anilines is 1. The summed E-state index contributed by atoms with van der Waals surface area (Å²) in [5.74, 6) is -0.156. The van der Waals surface area contributed by atoms with Gasteiger partial charge in [0.05, 0.1) is 10.2 Å². The second-order valence-electron chi connectivity index (χ2n) is 2.25. The van der Waals surface area contributed by atoms with E-state index < -0.39 is 5.82 Å². The minimum Gasteiger partial charge on any atom is -0.475 e. The van der Waals surface area contributed by atoms with E-state index in [0.29, 0.717) is 10.2 Å². The molecule has 0 fully saturated rings. The van der Waals surface area contributed by atoms with E-state index in [1.165, 1.54) is 6.07 Å². The van der Waals surface area contributed by atoms with Crippen LogP contribution in [0.4, 0.5) is 10.1 Å². The molecule has 0 aliphatic rings. The van der Waals surface area contributed by atoms with E-state index in [4.69, 9.17) is 15.7 Å². The number of nitrogens with zero attached hydrogens (tertiary/aromatic N) is 1. The summed E-state index contributed by atoms with van der Waals surface area (Å²) in [4.78, 5) is 0. The van der Waals surface area contributed by atoms with Gasteiger partial charge in [-0.25, -0.2) is 4.39 Å². The highest BCUT2D eigenvalue weighted by atomic mass is 79.9. The van der Waals surface area contributed by atoms with Crippen molar-refractivity contribution in [2.45, 2.75) is 0 Å². The van der Waals surface area contributed by atoms with E-state index in [1.54, 1.807) is 6.07 Å². The number of nitrogens with two attached hydrogens (primary N) is 1. The predicted molar refractivity (Wildman–Crippen MR) is 49.6 cm³/mol. The van der Waals surface area contributed by atoms with Gasteiger partial charge in [0, 0.05) is 6.07 Å². The molecule has 0 aromatic heterocycles. The normalized spacial score (nSPS) is 9.31. The molecule has 1 aromatic rings. The third-order valence-corrected chi connectivity index (χ3v) is 1.91. The van der Waals surface area contributed by atoms with Gasteiger partial charge in [0.25, 0.3) is 0 Å². The number of benzene rings is 1. The number of ether oxygens (including phenoxy) is 1. The molecule has 0 aliphatic carbocycles. The highest BCUT2D eigenvalue weighted by Gasteiger charge is 2.07. The van der Waals surface area contributed by atoms with Crippen molar-refractivity contribution in [2.75, 3.05) is 12.3 Å². The summed E-state index contributed by atoms with van der Waals surface area (Å²) in [7, 11) is 0. The van der Waals surface area contributed by atoms with Gasteiger partial charge in [0.2, 0.25) is 0 Å². The van der Waals surface area contributed by atoms with Crippen LogP contribution in [0.5, 0.6) is 5.75 Å². The molecule has 5 heteroatoms. The number of halogens is 2. The molecule has 0 bridgehead atoms. The molecule has 2 N–H and O–H groups in total. The zero-order chi connectivity index (χ0) is 9.84. The third kappa shape index (κ3) is 2.33. The number of hydrogen-bond acceptors (Lipinski definition) is 3. The van der Waals surface area contributed by atoms with Crippen LogP contribution in [0.25, 0.3) is 0 Å². The Hall–Kier alpha value is -1.28. The highest BCUT2D eigenvalue weighted by molar-refractivity contribution is 9.10. The minimum atomic E-state index is -0.450. The molecule has 0 aliphatic heterocycles. The Bertz CT molecular complexity index is 339. The fourth-order valence-electron chi connectivity index (χ4n) is 0.837. The van der Waals surface area contributed by atoms with Crippen molar-refractivity contribution < 1.29 is 9.13 Å². The Morgan fingerprint density at radius 2 is 2.31 bits per heavy atom. The molecular formula is C8H6BrFN2O. The molecule has 0 amide bonds. The first-order chi connectivity index (χ1) is 6.15. The predicted octanol–water partition coefficient (Wildman–Crippen LogP) is 2.07. The molecule has 0 saturated heterocycles. The Labute approximate surface area is 83.0 Å². The maximum atomic E-state index is 12.7. The second kappa shape index (κ2) is 4.10. The van der Waals surface area contributed by atoms with Gasteiger partial charge in [-0.3, -0.25) is 0 Å². The summed E-state index contributed by atoms with van der Waals surface area (Å²) in [6.07, 6.45) is 0. The lowest BCUT2D eigenvalue weighted by molar-refractivity contribution is 0.367. The SMILES string of the molecule is N#CCOc1c(N)cc(F)cc1Br. The molecule has 0 spiro atoms. The second-order valence-corrected chi connectivity index (χ2v) is 3.11. The molecule has 13 heavy (non-hydrogen) atoms. The Morgan fingerprint density at radius 3 is 2.85 bits per heavy atom. The summed E-state index contributed by atoms with van der Waals surface area (Å²) in [5.41, 5.74) is 5.63. The van der Waals surface area contributed by atoms with Crippen molar-refractivity contribution >= 4 is 21.6 Å². The smallest absolute Gasteiger partial charge is 0.174 e.